The molecule has 0 saturated heterocycles. The van der Waals surface area contributed by atoms with Crippen LogP contribution in [0.4, 0.5) is 11.4 Å². The molecule has 8 heteroatoms. The lowest BCUT2D eigenvalue weighted by molar-refractivity contribution is -0.384. The van der Waals surface area contributed by atoms with Crippen LogP contribution in [-0.2, 0) is 9.59 Å². The van der Waals surface area contributed by atoms with Gasteiger partial charge in [-0.25, -0.2) is 0 Å². The molecule has 8 nitrogen and oxygen atoms in total. The van der Waals surface area contributed by atoms with Crippen LogP contribution in [0.15, 0.2) is 18.2 Å². The molecule has 0 aromatic heterocycles. The van der Waals surface area contributed by atoms with Crippen LogP contribution >= 0.6 is 0 Å². The second kappa shape index (κ2) is 5.55. The molecule has 2 rings (SSSR count). The van der Waals surface area contributed by atoms with Crippen LogP contribution in [0, 0.1) is 10.1 Å². The third-order valence-electron chi connectivity index (χ3n) is 2.77. The van der Waals surface area contributed by atoms with E-state index >= 15 is 0 Å². The summed E-state index contributed by atoms with van der Waals surface area (Å²) in [6.07, 6.45) is 0. The lowest BCUT2D eigenvalue weighted by Crippen LogP contribution is -2.45. The fraction of sp³-hybridized carbons (Fsp3) is 0.333. The minimum atomic E-state index is -0.566. The molecule has 0 spiro atoms. The van der Waals surface area contributed by atoms with Crippen molar-refractivity contribution in [2.45, 2.75) is 6.92 Å². The summed E-state index contributed by atoms with van der Waals surface area (Å²) in [6.45, 7) is 1.82. The first kappa shape index (κ1) is 13.8. The molecular weight excluding hydrogens is 266 g/mol. The van der Waals surface area contributed by atoms with Gasteiger partial charge in [0.25, 0.3) is 11.6 Å². The zero-order chi connectivity index (χ0) is 14.7. The Balaban J connectivity index is 2.34. The standard InChI is InChI=1S/C12H13N3O5/c1-2-13-11(16)6-14-9-5-8(15(18)19)3-4-10(9)20-7-12(14)17/h3-5H,2,6-7H2,1H3,(H,13,16). The van der Waals surface area contributed by atoms with Crippen molar-refractivity contribution < 1.29 is 19.2 Å². The maximum atomic E-state index is 11.8. The highest BCUT2D eigenvalue weighted by Crippen LogP contribution is 2.34. The Kier molecular flexibility index (Phi) is 3.83. The van der Waals surface area contributed by atoms with Crippen LogP contribution < -0.4 is 15.0 Å². The van der Waals surface area contributed by atoms with Gasteiger partial charge in [-0.05, 0) is 13.0 Å². The number of hydrogen-bond acceptors (Lipinski definition) is 5. The summed E-state index contributed by atoms with van der Waals surface area (Å²) in [5.41, 5.74) is 0.0738. The Morgan fingerprint density at radius 2 is 2.30 bits per heavy atom. The number of nitrogens with one attached hydrogen (secondary N) is 1. The number of amides is 2. The van der Waals surface area contributed by atoms with Crippen LogP contribution in [0.25, 0.3) is 0 Å². The molecule has 0 radical (unpaired) electrons. The van der Waals surface area contributed by atoms with E-state index in [0.29, 0.717) is 12.3 Å². The van der Waals surface area contributed by atoms with Crippen LogP contribution in [0.3, 0.4) is 0 Å². The average molecular weight is 279 g/mol. The van der Waals surface area contributed by atoms with Gasteiger partial charge < -0.3 is 10.1 Å². The molecule has 0 unspecified atom stereocenters. The second-order valence-electron chi connectivity index (χ2n) is 4.13. The molecule has 1 N–H and O–H groups in total. The van der Waals surface area contributed by atoms with Crippen LogP contribution in [-0.4, -0.2) is 36.4 Å². The number of non-ortho nitro benzene ring substituents is 1. The molecule has 20 heavy (non-hydrogen) atoms. The fourth-order valence-electron chi connectivity index (χ4n) is 1.87. The van der Waals surface area contributed by atoms with Gasteiger partial charge in [-0.15, -0.1) is 0 Å². The predicted octanol–water partition coefficient (Wildman–Crippen LogP) is 0.456. The summed E-state index contributed by atoms with van der Waals surface area (Å²) in [6, 6.07) is 3.94. The summed E-state index contributed by atoms with van der Waals surface area (Å²) < 4.78 is 5.20. The van der Waals surface area contributed by atoms with Crippen molar-refractivity contribution in [2.75, 3.05) is 24.6 Å². The van der Waals surface area contributed by atoms with E-state index in [1.165, 1.54) is 23.1 Å². The number of nitro groups is 1. The molecule has 0 atom stereocenters. The number of rotatable bonds is 4. The summed E-state index contributed by atoms with van der Waals surface area (Å²) in [5, 5.41) is 13.4. The summed E-state index contributed by atoms with van der Waals surface area (Å²) in [4.78, 5) is 34.8. The molecule has 1 aromatic rings. The van der Waals surface area contributed by atoms with Gasteiger partial charge in [0, 0.05) is 18.7 Å². The number of nitrogens with zero attached hydrogens (tertiary/aromatic N) is 2. The molecule has 1 aliphatic heterocycles. The van der Waals surface area contributed by atoms with Crippen molar-refractivity contribution in [1.82, 2.24) is 5.32 Å². The van der Waals surface area contributed by atoms with Crippen molar-refractivity contribution >= 4 is 23.2 Å². The maximum absolute atomic E-state index is 11.8. The molecule has 1 aliphatic rings. The Labute approximate surface area is 114 Å². The predicted molar refractivity (Wildman–Crippen MR) is 69.6 cm³/mol. The number of carbonyl (C=O) groups is 2. The molecule has 1 heterocycles. The zero-order valence-corrected chi connectivity index (χ0v) is 10.8. The van der Waals surface area contributed by atoms with Crippen molar-refractivity contribution in [2.24, 2.45) is 0 Å². The SMILES string of the molecule is CCNC(=O)CN1C(=O)COc2ccc([N+](=O)[O-])cc21. The quantitative estimate of drug-likeness (QED) is 0.637. The van der Waals surface area contributed by atoms with Gasteiger partial charge >= 0.3 is 0 Å². The molecule has 0 fully saturated rings. The lowest BCUT2D eigenvalue weighted by atomic mass is 10.2. The van der Waals surface area contributed by atoms with Crippen molar-refractivity contribution in [3.63, 3.8) is 0 Å². The van der Waals surface area contributed by atoms with Gasteiger partial charge in [-0.1, -0.05) is 0 Å². The highest BCUT2D eigenvalue weighted by atomic mass is 16.6. The Bertz CT molecular complexity index is 572. The van der Waals surface area contributed by atoms with Crippen LogP contribution in [0.2, 0.25) is 0 Å². The van der Waals surface area contributed by atoms with E-state index in [1.807, 2.05) is 0 Å². The first-order chi connectivity index (χ1) is 9.52. The smallest absolute Gasteiger partial charge is 0.271 e. The van der Waals surface area contributed by atoms with E-state index in [0.717, 1.165) is 0 Å². The summed E-state index contributed by atoms with van der Waals surface area (Å²) in [7, 11) is 0. The second-order valence-corrected chi connectivity index (χ2v) is 4.13. The van der Waals surface area contributed by atoms with Gasteiger partial charge in [0.2, 0.25) is 5.91 Å². The van der Waals surface area contributed by atoms with Gasteiger partial charge in [0.1, 0.15) is 12.3 Å². The summed E-state index contributed by atoms with van der Waals surface area (Å²) >= 11 is 0. The third-order valence-corrected chi connectivity index (χ3v) is 2.77. The average Bonchev–Trinajstić information content (AvgIpc) is 2.41. The minimum Gasteiger partial charge on any atom is -0.482 e. The van der Waals surface area contributed by atoms with E-state index in [2.05, 4.69) is 5.32 Å². The Morgan fingerprint density at radius 1 is 1.55 bits per heavy atom. The van der Waals surface area contributed by atoms with Gasteiger partial charge in [0.05, 0.1) is 10.6 Å². The largest absolute Gasteiger partial charge is 0.482 e. The van der Waals surface area contributed by atoms with Crippen LogP contribution in [0.5, 0.6) is 5.75 Å². The van der Waals surface area contributed by atoms with Crippen molar-refractivity contribution in [3.05, 3.63) is 28.3 Å². The molecule has 2 amide bonds. The number of anilines is 1. The van der Waals surface area contributed by atoms with Crippen LogP contribution in [0.1, 0.15) is 6.92 Å². The lowest BCUT2D eigenvalue weighted by Gasteiger charge is -2.28. The van der Waals surface area contributed by atoms with Gasteiger partial charge in [-0.2, -0.15) is 0 Å². The van der Waals surface area contributed by atoms with E-state index in [9.17, 15) is 19.7 Å². The van der Waals surface area contributed by atoms with E-state index in [-0.39, 0.29) is 30.4 Å². The third kappa shape index (κ3) is 2.68. The molecule has 1 aromatic carbocycles. The number of fused-ring (bicyclic) bond motifs is 1. The Hall–Kier alpha value is -2.64. The van der Waals surface area contributed by atoms with Crippen molar-refractivity contribution in [3.8, 4) is 5.75 Å². The molecule has 0 aliphatic carbocycles. The number of ether oxygens (including phenoxy) is 1. The minimum absolute atomic E-state index is 0.164. The highest BCUT2D eigenvalue weighted by Gasteiger charge is 2.28. The highest BCUT2D eigenvalue weighted by molar-refractivity contribution is 6.02. The van der Waals surface area contributed by atoms with Crippen molar-refractivity contribution in [1.29, 1.82) is 0 Å². The first-order valence-corrected chi connectivity index (χ1v) is 6.01. The number of nitro benzene ring substituents is 1. The molecule has 106 valence electrons. The number of hydrogen-bond donors (Lipinski definition) is 1. The zero-order valence-electron chi connectivity index (χ0n) is 10.8. The van der Waals surface area contributed by atoms with E-state index < -0.39 is 10.8 Å². The van der Waals surface area contributed by atoms with E-state index in [4.69, 9.17) is 4.74 Å². The Morgan fingerprint density at radius 3 is 2.95 bits per heavy atom. The molecular formula is C12H13N3O5. The first-order valence-electron chi connectivity index (χ1n) is 6.01. The summed E-state index contributed by atoms with van der Waals surface area (Å²) in [5.74, 6) is -0.399. The monoisotopic (exact) mass is 279 g/mol. The molecule has 0 bridgehead atoms. The van der Waals surface area contributed by atoms with E-state index in [1.54, 1.807) is 6.92 Å². The number of benzene rings is 1. The van der Waals surface area contributed by atoms with Gasteiger partial charge in [-0.3, -0.25) is 24.6 Å². The normalized spacial score (nSPS) is 13.4. The molecule has 0 saturated carbocycles. The fourth-order valence-corrected chi connectivity index (χ4v) is 1.87. The number of carbonyl (C=O) groups excluding carboxylic acids is 2. The number of likely N-dealkylation sites (N-methyl/N-ethyl adjacent to an activating group) is 1. The maximum Gasteiger partial charge on any atom is 0.271 e. The topological polar surface area (TPSA) is 102 Å². The van der Waals surface area contributed by atoms with Gasteiger partial charge in [0.15, 0.2) is 6.61 Å².